The molecule has 0 bridgehead atoms. The van der Waals surface area contributed by atoms with Crippen LogP contribution in [0, 0.1) is 5.82 Å². The van der Waals surface area contributed by atoms with Gasteiger partial charge in [-0.05, 0) is 56.3 Å². The fourth-order valence-corrected chi connectivity index (χ4v) is 2.70. The van der Waals surface area contributed by atoms with Crippen molar-refractivity contribution in [2.24, 2.45) is 0 Å². The van der Waals surface area contributed by atoms with Crippen LogP contribution in [-0.4, -0.2) is 9.55 Å². The standard InChI is InChI=1S/C17H14ClFN2O/c1-10(2)21-15-9-12(18)5-8-14(15)17(22)20-16(21)11-3-6-13(19)7-4-11/h3-10H,1-2H3. The molecule has 0 radical (unpaired) electrons. The highest BCUT2D eigenvalue weighted by atomic mass is 35.5. The van der Waals surface area contributed by atoms with Gasteiger partial charge in [0.1, 0.15) is 11.6 Å². The summed E-state index contributed by atoms with van der Waals surface area (Å²) < 4.78 is 15.1. The minimum atomic E-state index is -0.328. The average Bonchev–Trinajstić information content (AvgIpc) is 2.47. The first-order valence-electron chi connectivity index (χ1n) is 6.95. The summed E-state index contributed by atoms with van der Waals surface area (Å²) in [4.78, 5) is 16.5. The van der Waals surface area contributed by atoms with Gasteiger partial charge in [-0.2, -0.15) is 4.98 Å². The molecular formula is C17H14ClFN2O. The van der Waals surface area contributed by atoms with Crippen molar-refractivity contribution in [3.63, 3.8) is 0 Å². The normalized spacial score (nSPS) is 11.3. The van der Waals surface area contributed by atoms with Crippen molar-refractivity contribution in [1.29, 1.82) is 0 Å². The van der Waals surface area contributed by atoms with Crippen LogP contribution >= 0.6 is 11.6 Å². The molecule has 2 aromatic carbocycles. The largest absolute Gasteiger partial charge is 0.322 e. The van der Waals surface area contributed by atoms with E-state index >= 15 is 0 Å². The van der Waals surface area contributed by atoms with Crippen LogP contribution in [0.15, 0.2) is 47.3 Å². The van der Waals surface area contributed by atoms with Gasteiger partial charge < -0.3 is 4.57 Å². The summed E-state index contributed by atoms with van der Waals surface area (Å²) in [5, 5.41) is 1.07. The van der Waals surface area contributed by atoms with Crippen molar-refractivity contribution in [3.05, 3.63) is 63.7 Å². The molecule has 0 N–H and O–H groups in total. The molecule has 22 heavy (non-hydrogen) atoms. The Morgan fingerprint density at radius 3 is 2.45 bits per heavy atom. The molecule has 0 atom stereocenters. The SMILES string of the molecule is CC(C)n1c(-c2ccc(F)cc2)nc(=O)c2ccc(Cl)cc21. The van der Waals surface area contributed by atoms with Crippen molar-refractivity contribution >= 4 is 22.5 Å². The minimum absolute atomic E-state index is 0.0640. The second kappa shape index (κ2) is 5.54. The molecule has 3 aromatic rings. The van der Waals surface area contributed by atoms with Gasteiger partial charge >= 0.3 is 0 Å². The Kier molecular flexibility index (Phi) is 3.71. The van der Waals surface area contributed by atoms with E-state index in [0.717, 1.165) is 5.52 Å². The van der Waals surface area contributed by atoms with E-state index in [0.29, 0.717) is 21.8 Å². The Balaban J connectivity index is 2.41. The van der Waals surface area contributed by atoms with E-state index in [1.54, 1.807) is 30.3 Å². The Bertz CT molecular complexity index is 901. The zero-order valence-corrected chi connectivity index (χ0v) is 12.9. The lowest BCUT2D eigenvalue weighted by Crippen LogP contribution is -2.18. The number of rotatable bonds is 2. The van der Waals surface area contributed by atoms with Crippen molar-refractivity contribution in [3.8, 4) is 11.4 Å². The predicted molar refractivity (Wildman–Crippen MR) is 86.8 cm³/mol. The maximum atomic E-state index is 13.1. The van der Waals surface area contributed by atoms with E-state index in [1.165, 1.54) is 12.1 Å². The lowest BCUT2D eigenvalue weighted by atomic mass is 10.1. The van der Waals surface area contributed by atoms with Crippen LogP contribution in [0.25, 0.3) is 22.3 Å². The second-order valence-corrected chi connectivity index (χ2v) is 5.81. The molecule has 0 unspecified atom stereocenters. The van der Waals surface area contributed by atoms with Crippen LogP contribution in [0.2, 0.25) is 5.02 Å². The van der Waals surface area contributed by atoms with Crippen molar-refractivity contribution < 1.29 is 4.39 Å². The van der Waals surface area contributed by atoms with Gasteiger partial charge in [-0.3, -0.25) is 4.79 Å². The number of benzene rings is 2. The van der Waals surface area contributed by atoms with Crippen LogP contribution in [0.3, 0.4) is 0 Å². The van der Waals surface area contributed by atoms with Gasteiger partial charge in [-0.25, -0.2) is 4.39 Å². The molecule has 0 aliphatic rings. The first-order valence-corrected chi connectivity index (χ1v) is 7.33. The minimum Gasteiger partial charge on any atom is -0.322 e. The highest BCUT2D eigenvalue weighted by Crippen LogP contribution is 2.26. The van der Waals surface area contributed by atoms with E-state index in [9.17, 15) is 9.18 Å². The molecular weight excluding hydrogens is 303 g/mol. The van der Waals surface area contributed by atoms with Gasteiger partial charge in [0.2, 0.25) is 0 Å². The van der Waals surface area contributed by atoms with Gasteiger partial charge in [0.15, 0.2) is 0 Å². The molecule has 0 aliphatic heterocycles. The third kappa shape index (κ3) is 2.50. The number of halogens is 2. The van der Waals surface area contributed by atoms with Crippen LogP contribution in [-0.2, 0) is 0 Å². The quantitative estimate of drug-likeness (QED) is 0.700. The molecule has 1 heterocycles. The summed E-state index contributed by atoms with van der Waals surface area (Å²) in [6.45, 7) is 4.00. The summed E-state index contributed by atoms with van der Waals surface area (Å²) in [6, 6.07) is 11.1. The van der Waals surface area contributed by atoms with Gasteiger partial charge in [0.05, 0.1) is 10.9 Å². The summed E-state index contributed by atoms with van der Waals surface area (Å²) in [5.74, 6) is 0.181. The number of aromatic nitrogens is 2. The molecule has 3 rings (SSSR count). The molecule has 0 amide bonds. The van der Waals surface area contributed by atoms with Crippen LogP contribution < -0.4 is 5.56 Å². The van der Waals surface area contributed by atoms with Crippen LogP contribution in [0.4, 0.5) is 4.39 Å². The van der Waals surface area contributed by atoms with E-state index in [-0.39, 0.29) is 17.4 Å². The van der Waals surface area contributed by atoms with Crippen molar-refractivity contribution in [1.82, 2.24) is 9.55 Å². The monoisotopic (exact) mass is 316 g/mol. The summed E-state index contributed by atoms with van der Waals surface area (Å²) in [7, 11) is 0. The molecule has 0 saturated carbocycles. The summed E-state index contributed by atoms with van der Waals surface area (Å²) in [6.07, 6.45) is 0. The third-order valence-corrected chi connectivity index (χ3v) is 3.74. The van der Waals surface area contributed by atoms with E-state index < -0.39 is 0 Å². The molecule has 5 heteroatoms. The Morgan fingerprint density at radius 1 is 1.14 bits per heavy atom. The van der Waals surface area contributed by atoms with E-state index in [2.05, 4.69) is 4.98 Å². The van der Waals surface area contributed by atoms with Crippen molar-refractivity contribution in [2.75, 3.05) is 0 Å². The lowest BCUT2D eigenvalue weighted by molar-refractivity contribution is 0.613. The van der Waals surface area contributed by atoms with Gasteiger partial charge in [-0.1, -0.05) is 11.6 Å². The molecule has 0 saturated heterocycles. The first-order chi connectivity index (χ1) is 10.5. The van der Waals surface area contributed by atoms with Crippen LogP contribution in [0.5, 0.6) is 0 Å². The number of nitrogens with zero attached hydrogens (tertiary/aromatic N) is 2. The zero-order chi connectivity index (χ0) is 15.9. The highest BCUT2D eigenvalue weighted by molar-refractivity contribution is 6.31. The van der Waals surface area contributed by atoms with Gasteiger partial charge in [0.25, 0.3) is 5.56 Å². The molecule has 3 nitrogen and oxygen atoms in total. The smallest absolute Gasteiger partial charge is 0.281 e. The first kappa shape index (κ1) is 14.7. The topological polar surface area (TPSA) is 34.9 Å². The van der Waals surface area contributed by atoms with E-state index in [4.69, 9.17) is 11.6 Å². The Hall–Kier alpha value is -2.20. The molecule has 112 valence electrons. The number of hydrogen-bond donors (Lipinski definition) is 0. The Labute approximate surface area is 132 Å². The van der Waals surface area contributed by atoms with Crippen LogP contribution in [0.1, 0.15) is 19.9 Å². The predicted octanol–water partition coefficient (Wildman–Crippen LogP) is 4.44. The van der Waals surface area contributed by atoms with Crippen molar-refractivity contribution in [2.45, 2.75) is 19.9 Å². The maximum Gasteiger partial charge on any atom is 0.281 e. The Morgan fingerprint density at radius 2 is 1.82 bits per heavy atom. The second-order valence-electron chi connectivity index (χ2n) is 5.37. The molecule has 0 spiro atoms. The average molecular weight is 317 g/mol. The highest BCUT2D eigenvalue weighted by Gasteiger charge is 2.15. The van der Waals surface area contributed by atoms with Gasteiger partial charge in [0, 0.05) is 16.6 Å². The molecule has 1 aromatic heterocycles. The third-order valence-electron chi connectivity index (χ3n) is 3.50. The number of fused-ring (bicyclic) bond motifs is 1. The summed E-state index contributed by atoms with van der Waals surface area (Å²) >= 11 is 6.08. The zero-order valence-electron chi connectivity index (χ0n) is 12.2. The molecule has 0 aliphatic carbocycles. The molecule has 0 fully saturated rings. The fourth-order valence-electron chi connectivity index (χ4n) is 2.53. The maximum absolute atomic E-state index is 13.1. The summed E-state index contributed by atoms with van der Waals surface area (Å²) in [5.41, 5.74) is 1.10. The lowest BCUT2D eigenvalue weighted by Gasteiger charge is -2.19. The number of hydrogen-bond acceptors (Lipinski definition) is 2. The van der Waals surface area contributed by atoms with Gasteiger partial charge in [-0.15, -0.1) is 0 Å². The fraction of sp³-hybridized carbons (Fsp3) is 0.176. The van der Waals surface area contributed by atoms with E-state index in [1.807, 2.05) is 18.4 Å².